The van der Waals surface area contributed by atoms with E-state index in [0.717, 1.165) is 5.56 Å². The maximum Gasteiger partial charge on any atom is 0.335 e. The molecule has 72 valence electrons. The highest BCUT2D eigenvalue weighted by Gasteiger charge is 2.63. The number of benzene rings is 1. The van der Waals surface area contributed by atoms with Crippen LogP contribution < -0.4 is 0 Å². The zero-order chi connectivity index (χ0) is 9.76. The van der Waals surface area contributed by atoms with Crippen molar-refractivity contribution < 1.29 is 9.90 Å². The smallest absolute Gasteiger partial charge is 0.335 e. The van der Waals surface area contributed by atoms with E-state index in [0.29, 0.717) is 16.9 Å². The van der Waals surface area contributed by atoms with Crippen LogP contribution in [0.5, 0.6) is 0 Å². The van der Waals surface area contributed by atoms with Gasteiger partial charge in [-0.25, -0.2) is 4.79 Å². The molecule has 1 spiro atoms. The Bertz CT molecular complexity index is 405. The van der Waals surface area contributed by atoms with Gasteiger partial charge in [-0.2, -0.15) is 0 Å². The molecule has 0 radical (unpaired) electrons. The Hall–Kier alpha value is -1.31. The molecule has 2 heteroatoms. The van der Waals surface area contributed by atoms with Gasteiger partial charge in [-0.15, -0.1) is 0 Å². The third kappa shape index (κ3) is 0.999. The third-order valence-corrected chi connectivity index (χ3v) is 3.65. The monoisotopic (exact) mass is 188 g/mol. The maximum absolute atomic E-state index is 11.0. The van der Waals surface area contributed by atoms with E-state index in [1.807, 2.05) is 12.1 Å². The average molecular weight is 188 g/mol. The Kier molecular flexibility index (Phi) is 1.37. The van der Waals surface area contributed by atoms with Gasteiger partial charge < -0.3 is 5.11 Å². The Balaban J connectivity index is 2.00. The highest BCUT2D eigenvalue weighted by Crippen LogP contribution is 2.75. The second kappa shape index (κ2) is 2.38. The highest BCUT2D eigenvalue weighted by atomic mass is 16.4. The molecule has 0 aliphatic heterocycles. The zero-order valence-corrected chi connectivity index (χ0v) is 7.86. The first-order valence-electron chi connectivity index (χ1n) is 5.05. The maximum atomic E-state index is 11.0. The van der Waals surface area contributed by atoms with Gasteiger partial charge in [0.2, 0.25) is 0 Å². The molecule has 1 aromatic rings. The third-order valence-electron chi connectivity index (χ3n) is 3.65. The molecule has 2 fully saturated rings. The van der Waals surface area contributed by atoms with Crippen molar-refractivity contribution in [2.75, 3.05) is 0 Å². The molecule has 0 amide bonds. The number of carboxylic acid groups (broad SMARTS) is 1. The first kappa shape index (κ1) is 8.04. The van der Waals surface area contributed by atoms with Crippen LogP contribution in [0, 0.1) is 5.41 Å². The minimum Gasteiger partial charge on any atom is -0.478 e. The number of hydrogen-bond donors (Lipinski definition) is 1. The van der Waals surface area contributed by atoms with Gasteiger partial charge in [0, 0.05) is 0 Å². The van der Waals surface area contributed by atoms with Gasteiger partial charge in [0.15, 0.2) is 0 Å². The first-order valence-corrected chi connectivity index (χ1v) is 5.05. The largest absolute Gasteiger partial charge is 0.478 e. The Morgan fingerprint density at radius 2 is 2.07 bits per heavy atom. The number of carbonyl (C=O) groups is 1. The minimum atomic E-state index is -0.789. The lowest BCUT2D eigenvalue weighted by Gasteiger charge is -2.03. The lowest BCUT2D eigenvalue weighted by molar-refractivity contribution is 0.0695. The van der Waals surface area contributed by atoms with Gasteiger partial charge >= 0.3 is 5.97 Å². The summed E-state index contributed by atoms with van der Waals surface area (Å²) in [4.78, 5) is 11.0. The molecule has 0 bridgehead atoms. The normalized spacial score (nSPS) is 26.1. The van der Waals surface area contributed by atoms with Crippen LogP contribution in [0.25, 0.3) is 0 Å². The fourth-order valence-corrected chi connectivity index (χ4v) is 2.50. The molecule has 1 atom stereocenters. The summed E-state index contributed by atoms with van der Waals surface area (Å²) in [5.41, 5.74) is 2.09. The summed E-state index contributed by atoms with van der Waals surface area (Å²) in [7, 11) is 0. The molecular weight excluding hydrogens is 176 g/mol. The Morgan fingerprint density at radius 3 is 2.64 bits per heavy atom. The van der Waals surface area contributed by atoms with Crippen molar-refractivity contribution >= 4 is 5.97 Å². The lowest BCUT2D eigenvalue weighted by atomic mass is 10.0. The van der Waals surface area contributed by atoms with Crippen molar-refractivity contribution in [3.05, 3.63) is 35.4 Å². The van der Waals surface area contributed by atoms with E-state index in [1.54, 1.807) is 12.1 Å². The summed E-state index contributed by atoms with van der Waals surface area (Å²) in [6.45, 7) is 0. The number of carboxylic acids is 1. The van der Waals surface area contributed by atoms with E-state index in [9.17, 15) is 4.79 Å². The average Bonchev–Trinajstić information content (AvgIpc) is 3.08. The van der Waals surface area contributed by atoms with Gasteiger partial charge in [0.1, 0.15) is 0 Å². The molecule has 1 aromatic carbocycles. The van der Waals surface area contributed by atoms with Crippen molar-refractivity contribution in [2.24, 2.45) is 5.41 Å². The van der Waals surface area contributed by atoms with Crippen LogP contribution in [0.15, 0.2) is 24.3 Å². The second-order valence-electron chi connectivity index (χ2n) is 4.51. The number of aromatic carboxylic acids is 1. The van der Waals surface area contributed by atoms with Gasteiger partial charge in [0.25, 0.3) is 0 Å². The van der Waals surface area contributed by atoms with Crippen LogP contribution in [-0.4, -0.2) is 11.1 Å². The number of hydrogen-bond acceptors (Lipinski definition) is 1. The Morgan fingerprint density at radius 1 is 1.36 bits per heavy atom. The molecule has 3 rings (SSSR count). The molecule has 2 aliphatic rings. The standard InChI is InChI=1S/C12H12O2/c13-11(14)9-4-2-1-3-8(9)10-7-12(10)5-6-12/h1-4,10H,5-7H2,(H,13,14). The van der Waals surface area contributed by atoms with E-state index in [2.05, 4.69) is 0 Å². The molecule has 1 unspecified atom stereocenters. The summed E-state index contributed by atoms with van der Waals surface area (Å²) in [6.07, 6.45) is 3.80. The van der Waals surface area contributed by atoms with Crippen LogP contribution in [0.2, 0.25) is 0 Å². The van der Waals surface area contributed by atoms with Crippen LogP contribution >= 0.6 is 0 Å². The van der Waals surface area contributed by atoms with Crippen molar-refractivity contribution in [2.45, 2.75) is 25.2 Å². The molecule has 14 heavy (non-hydrogen) atoms. The zero-order valence-electron chi connectivity index (χ0n) is 7.86. The first-order chi connectivity index (χ1) is 6.73. The summed E-state index contributed by atoms with van der Waals surface area (Å²) in [6, 6.07) is 7.43. The second-order valence-corrected chi connectivity index (χ2v) is 4.51. The minimum absolute atomic E-state index is 0.501. The Labute approximate surface area is 82.6 Å². The molecular formula is C12H12O2. The molecule has 2 nitrogen and oxygen atoms in total. The van der Waals surface area contributed by atoms with Gasteiger partial charge in [0.05, 0.1) is 5.56 Å². The molecule has 0 saturated heterocycles. The van der Waals surface area contributed by atoms with E-state index >= 15 is 0 Å². The van der Waals surface area contributed by atoms with Crippen LogP contribution in [0.4, 0.5) is 0 Å². The highest BCUT2D eigenvalue weighted by molar-refractivity contribution is 5.89. The van der Waals surface area contributed by atoms with E-state index in [-0.39, 0.29) is 0 Å². The molecule has 2 saturated carbocycles. The molecule has 1 N–H and O–H groups in total. The van der Waals surface area contributed by atoms with Crippen LogP contribution in [0.3, 0.4) is 0 Å². The quantitative estimate of drug-likeness (QED) is 0.774. The molecule has 0 aromatic heterocycles. The van der Waals surface area contributed by atoms with Crippen LogP contribution in [-0.2, 0) is 0 Å². The number of rotatable bonds is 2. The van der Waals surface area contributed by atoms with Crippen molar-refractivity contribution in [3.63, 3.8) is 0 Å². The predicted molar refractivity (Wildman–Crippen MR) is 52.4 cm³/mol. The van der Waals surface area contributed by atoms with Crippen molar-refractivity contribution in [1.82, 2.24) is 0 Å². The fraction of sp³-hybridized carbons (Fsp3) is 0.417. The molecule has 2 aliphatic carbocycles. The SMILES string of the molecule is O=C(O)c1ccccc1C1CC12CC2. The van der Waals surface area contributed by atoms with Crippen LogP contribution in [0.1, 0.15) is 41.1 Å². The van der Waals surface area contributed by atoms with Crippen molar-refractivity contribution in [1.29, 1.82) is 0 Å². The summed E-state index contributed by atoms with van der Waals surface area (Å²) < 4.78 is 0. The van der Waals surface area contributed by atoms with Gasteiger partial charge in [-0.3, -0.25) is 0 Å². The summed E-state index contributed by atoms with van der Waals surface area (Å²) in [5.74, 6) is -0.252. The van der Waals surface area contributed by atoms with E-state index in [1.165, 1.54) is 19.3 Å². The topological polar surface area (TPSA) is 37.3 Å². The summed E-state index contributed by atoms with van der Waals surface area (Å²) in [5, 5.41) is 9.03. The fourth-order valence-electron chi connectivity index (χ4n) is 2.50. The predicted octanol–water partition coefficient (Wildman–Crippen LogP) is 2.65. The van der Waals surface area contributed by atoms with Gasteiger partial charge in [-0.1, -0.05) is 18.2 Å². The van der Waals surface area contributed by atoms with Crippen molar-refractivity contribution in [3.8, 4) is 0 Å². The van der Waals surface area contributed by atoms with E-state index < -0.39 is 5.97 Å². The lowest BCUT2D eigenvalue weighted by Crippen LogP contribution is -2.01. The van der Waals surface area contributed by atoms with E-state index in [4.69, 9.17) is 5.11 Å². The van der Waals surface area contributed by atoms with Gasteiger partial charge in [-0.05, 0) is 42.2 Å². The summed E-state index contributed by atoms with van der Waals surface area (Å²) >= 11 is 0. The molecule has 0 heterocycles.